The first kappa shape index (κ1) is 29.1. The van der Waals surface area contributed by atoms with Crippen molar-refractivity contribution in [2.24, 2.45) is 0 Å². The predicted molar refractivity (Wildman–Crippen MR) is 135 cm³/mol. The highest BCUT2D eigenvalue weighted by molar-refractivity contribution is 7.80. The summed E-state index contributed by atoms with van der Waals surface area (Å²) in [5, 5.41) is 12.4. The summed E-state index contributed by atoms with van der Waals surface area (Å²) in [4.78, 5) is 2.24. The summed E-state index contributed by atoms with van der Waals surface area (Å²) in [5.74, 6) is 0. The van der Waals surface area contributed by atoms with Gasteiger partial charge >= 0.3 is 10.4 Å². The molecule has 0 unspecified atom stereocenters. The van der Waals surface area contributed by atoms with Crippen LogP contribution >= 0.6 is 0 Å². The summed E-state index contributed by atoms with van der Waals surface area (Å²) in [5.41, 5.74) is 15.2. The van der Waals surface area contributed by atoms with Crippen LogP contribution in [-0.4, -0.2) is 81.5 Å². The summed E-state index contributed by atoms with van der Waals surface area (Å²) < 4.78 is 41.3. The zero-order chi connectivity index (χ0) is 27.3. The largest absolute Gasteiger partial charge is 0.397 e. The van der Waals surface area contributed by atoms with E-state index >= 15 is 0 Å². The number of aromatic nitrogens is 3. The molecule has 0 spiro atoms. The van der Waals surface area contributed by atoms with Crippen molar-refractivity contribution in [2.75, 3.05) is 33.0 Å². The summed E-state index contributed by atoms with van der Waals surface area (Å²) in [7, 11) is -4.42. The van der Waals surface area contributed by atoms with Crippen LogP contribution in [0.3, 0.4) is 0 Å². The van der Waals surface area contributed by atoms with E-state index in [1.54, 1.807) is 5.01 Å². The molecule has 37 heavy (non-hydrogen) atoms. The molecule has 0 amide bonds. The molecular weight excluding hydrogens is 504 g/mol. The van der Waals surface area contributed by atoms with Crippen LogP contribution in [0.4, 0.5) is 0 Å². The fourth-order valence-electron chi connectivity index (χ4n) is 3.41. The van der Waals surface area contributed by atoms with Gasteiger partial charge in [-0.2, -0.15) is 8.42 Å². The van der Waals surface area contributed by atoms with E-state index in [1.165, 1.54) is 0 Å². The van der Waals surface area contributed by atoms with Crippen LogP contribution in [-0.2, 0) is 31.4 Å². The molecule has 0 fully saturated rings. The number of hydrogen-bond acceptors (Lipinski definition) is 13. The minimum atomic E-state index is -4.42. The van der Waals surface area contributed by atoms with Crippen LogP contribution in [0.5, 0.6) is 0 Å². The molecule has 16 heteroatoms. The number of rotatable bonds is 13. The maximum Gasteiger partial charge on any atom is 0.397 e. The average Bonchev–Trinajstić information content (AvgIpc) is 3.50. The number of hydrazine groups is 4. The molecule has 3 heterocycles. The second-order valence-corrected chi connectivity index (χ2v) is 12.0. The van der Waals surface area contributed by atoms with E-state index in [0.717, 1.165) is 17.1 Å². The van der Waals surface area contributed by atoms with Gasteiger partial charge in [-0.05, 0) is 48.0 Å². The monoisotopic (exact) mass is 544 g/mol. The summed E-state index contributed by atoms with van der Waals surface area (Å²) >= 11 is 0. The van der Waals surface area contributed by atoms with E-state index in [1.807, 2.05) is 22.1 Å². The lowest BCUT2D eigenvalue weighted by molar-refractivity contribution is 0.0246. The van der Waals surface area contributed by atoms with Crippen molar-refractivity contribution in [3.05, 3.63) is 35.7 Å². The van der Waals surface area contributed by atoms with Gasteiger partial charge in [-0.25, -0.2) is 8.86 Å². The maximum absolute atomic E-state index is 10.6. The molecule has 2 aliphatic heterocycles. The first-order valence-electron chi connectivity index (χ1n) is 12.0. The normalized spacial score (nSPS) is 16.8. The molecule has 0 saturated carbocycles. The number of nitrogens with zero attached hydrogens (tertiary/aromatic N) is 6. The molecule has 0 saturated heterocycles. The summed E-state index contributed by atoms with van der Waals surface area (Å²) in [6.07, 6.45) is 6.27. The van der Waals surface area contributed by atoms with Gasteiger partial charge in [0.15, 0.2) is 0 Å². The number of nitrogens with one attached hydrogen (secondary N) is 4. The van der Waals surface area contributed by atoms with Crippen molar-refractivity contribution in [3.8, 4) is 0 Å². The second kappa shape index (κ2) is 11.9. The molecule has 0 aromatic carbocycles. The average molecular weight is 545 g/mol. The van der Waals surface area contributed by atoms with Crippen molar-refractivity contribution in [3.63, 3.8) is 0 Å². The lowest BCUT2D eigenvalue weighted by Crippen LogP contribution is -2.47. The molecule has 210 valence electrons. The Bertz CT molecular complexity index is 1060. The van der Waals surface area contributed by atoms with Crippen molar-refractivity contribution >= 4 is 10.4 Å². The molecule has 0 atom stereocenters. The van der Waals surface area contributed by atoms with Crippen LogP contribution in [0, 0.1) is 0 Å². The third kappa shape index (κ3) is 9.73. The van der Waals surface area contributed by atoms with Gasteiger partial charge in [0.05, 0.1) is 42.0 Å². The van der Waals surface area contributed by atoms with Gasteiger partial charge in [-0.15, -0.1) is 16.2 Å². The Kier molecular flexibility index (Phi) is 9.38. The Morgan fingerprint density at radius 2 is 1.65 bits per heavy atom. The number of ether oxygens (including phenoxy) is 1. The maximum atomic E-state index is 10.6. The van der Waals surface area contributed by atoms with E-state index < -0.39 is 10.4 Å². The van der Waals surface area contributed by atoms with Crippen molar-refractivity contribution in [1.82, 2.24) is 51.8 Å². The fraction of sp³-hybridized carbons (Fsp3) is 0.714. The summed E-state index contributed by atoms with van der Waals surface area (Å²) in [6, 6.07) is 0. The van der Waals surface area contributed by atoms with E-state index in [9.17, 15) is 8.42 Å². The Balaban J connectivity index is 1.58. The molecule has 15 nitrogen and oxygen atoms in total. The molecule has 0 aliphatic carbocycles. The summed E-state index contributed by atoms with van der Waals surface area (Å²) in [6.45, 7) is 14.8. The molecule has 2 aliphatic rings. The second-order valence-electron chi connectivity index (χ2n) is 10.9. The zero-order valence-electron chi connectivity index (χ0n) is 22.4. The van der Waals surface area contributed by atoms with Crippen LogP contribution in [0.25, 0.3) is 0 Å². The van der Waals surface area contributed by atoms with Gasteiger partial charge in [0.25, 0.3) is 0 Å². The van der Waals surface area contributed by atoms with Gasteiger partial charge in [-0.3, -0.25) is 19.5 Å². The highest BCUT2D eigenvalue weighted by Crippen LogP contribution is 2.17. The lowest BCUT2D eigenvalue weighted by Gasteiger charge is -2.30. The SMILES string of the molecule is CC(C)(C)N1C=C(CN(CC2=CN(COCCCOS(=O)(=O)O)NN2)Cc2cn(C(C)(C)C)nn2)NN1. The quantitative estimate of drug-likeness (QED) is 0.168. The minimum Gasteiger partial charge on any atom is -0.360 e. The van der Waals surface area contributed by atoms with Gasteiger partial charge in [0, 0.05) is 37.6 Å². The number of hydrogen-bond donors (Lipinski definition) is 5. The van der Waals surface area contributed by atoms with Crippen LogP contribution in [0.2, 0.25) is 0 Å². The van der Waals surface area contributed by atoms with Gasteiger partial charge in [0.1, 0.15) is 6.73 Å². The molecule has 0 radical (unpaired) electrons. The molecule has 3 rings (SSSR count). The molecular formula is C21H40N10O5S. The predicted octanol–water partition coefficient (Wildman–Crippen LogP) is 0.150. The van der Waals surface area contributed by atoms with E-state index in [-0.39, 0.29) is 31.0 Å². The van der Waals surface area contributed by atoms with Crippen LogP contribution in [0.1, 0.15) is 53.7 Å². The van der Waals surface area contributed by atoms with E-state index in [0.29, 0.717) is 26.1 Å². The van der Waals surface area contributed by atoms with Crippen molar-refractivity contribution in [1.29, 1.82) is 0 Å². The van der Waals surface area contributed by atoms with Crippen LogP contribution in [0.15, 0.2) is 30.0 Å². The minimum absolute atomic E-state index is 0.0760. The van der Waals surface area contributed by atoms with Gasteiger partial charge < -0.3 is 15.6 Å². The van der Waals surface area contributed by atoms with Crippen molar-refractivity contribution in [2.45, 2.75) is 65.6 Å². The fourth-order valence-corrected chi connectivity index (χ4v) is 3.73. The molecule has 1 aromatic rings. The van der Waals surface area contributed by atoms with Crippen molar-refractivity contribution < 1.29 is 21.9 Å². The molecule has 0 bridgehead atoms. The zero-order valence-corrected chi connectivity index (χ0v) is 23.2. The smallest absolute Gasteiger partial charge is 0.360 e. The Morgan fingerprint density at radius 3 is 2.24 bits per heavy atom. The van der Waals surface area contributed by atoms with E-state index in [4.69, 9.17) is 9.29 Å². The van der Waals surface area contributed by atoms with Crippen LogP contribution < -0.4 is 21.9 Å². The molecule has 1 aromatic heterocycles. The topological polar surface area (TPSA) is 161 Å². The Hall–Kier alpha value is -2.47. The third-order valence-electron chi connectivity index (χ3n) is 5.31. The standard InChI is InChI=1S/C21H40N10O5S/c1-20(2,3)30-14-18(23-26-30)11-28(12-19-15-31(27-24-19)21(4,5)6)10-17-13-29(25-22-17)16-35-8-7-9-36-37(32,33)34/h13-15,22-23,25-26H,7-12,16H2,1-6H3,(H,32,33,34). The Morgan fingerprint density at radius 1 is 0.973 bits per heavy atom. The molecule has 5 N–H and O–H groups in total. The van der Waals surface area contributed by atoms with E-state index in [2.05, 4.69) is 89.1 Å². The highest BCUT2D eigenvalue weighted by atomic mass is 32.3. The first-order chi connectivity index (χ1) is 17.2. The first-order valence-corrected chi connectivity index (χ1v) is 13.4. The van der Waals surface area contributed by atoms with Gasteiger partial charge in [0.2, 0.25) is 0 Å². The Labute approximate surface area is 218 Å². The third-order valence-corrected chi connectivity index (χ3v) is 5.78. The highest BCUT2D eigenvalue weighted by Gasteiger charge is 2.25. The lowest BCUT2D eigenvalue weighted by atomic mass is 10.1. The van der Waals surface area contributed by atoms with Gasteiger partial charge in [-0.1, -0.05) is 5.21 Å².